The quantitative estimate of drug-likeness (QED) is 0.830. The predicted molar refractivity (Wildman–Crippen MR) is 70.0 cm³/mol. The van der Waals surface area contributed by atoms with Crippen LogP contribution in [0.2, 0.25) is 0 Å². The van der Waals surface area contributed by atoms with Crippen LogP contribution in [-0.2, 0) is 9.59 Å². The molecule has 1 aliphatic carbocycles. The van der Waals surface area contributed by atoms with Crippen molar-refractivity contribution in [3.05, 3.63) is 0 Å². The van der Waals surface area contributed by atoms with Crippen LogP contribution in [0, 0.1) is 0 Å². The van der Waals surface area contributed by atoms with Gasteiger partial charge in [-0.25, -0.2) is 0 Å². The summed E-state index contributed by atoms with van der Waals surface area (Å²) in [5.74, 6) is 0.192. The second-order valence-corrected chi connectivity index (χ2v) is 5.46. The lowest BCUT2D eigenvalue weighted by molar-refractivity contribution is -0.152. The number of carbonyl (C=O) groups is 2. The van der Waals surface area contributed by atoms with E-state index in [4.69, 9.17) is 0 Å². The molecule has 4 nitrogen and oxygen atoms in total. The van der Waals surface area contributed by atoms with Crippen LogP contribution in [-0.4, -0.2) is 34.8 Å². The molecule has 18 heavy (non-hydrogen) atoms. The predicted octanol–water partition coefficient (Wildman–Crippen LogP) is 1.83. The molecule has 2 aliphatic rings. The number of carbonyl (C=O) groups excluding carboxylic acids is 2. The maximum atomic E-state index is 12.5. The van der Waals surface area contributed by atoms with Crippen LogP contribution in [0.25, 0.3) is 0 Å². The van der Waals surface area contributed by atoms with E-state index in [1.165, 1.54) is 12.8 Å². The van der Waals surface area contributed by atoms with Gasteiger partial charge < -0.3 is 10.2 Å². The number of hydrogen-bond acceptors (Lipinski definition) is 2. The Labute approximate surface area is 109 Å². The van der Waals surface area contributed by atoms with Crippen molar-refractivity contribution in [2.24, 2.45) is 0 Å². The number of nitrogens with zero attached hydrogens (tertiary/aromatic N) is 1. The van der Waals surface area contributed by atoms with E-state index >= 15 is 0 Å². The molecular formula is C14H24N2O2. The van der Waals surface area contributed by atoms with Gasteiger partial charge in [0, 0.05) is 6.04 Å². The fraction of sp³-hybridized carbons (Fsp3) is 0.857. The molecule has 4 heteroatoms. The highest BCUT2D eigenvalue weighted by Crippen LogP contribution is 2.29. The highest BCUT2D eigenvalue weighted by Gasteiger charge is 2.42. The molecular weight excluding hydrogens is 228 g/mol. The highest BCUT2D eigenvalue weighted by atomic mass is 16.2. The van der Waals surface area contributed by atoms with E-state index < -0.39 is 0 Å². The number of hydrogen-bond donors (Lipinski definition) is 1. The smallest absolute Gasteiger partial charge is 0.246 e. The van der Waals surface area contributed by atoms with Crippen molar-refractivity contribution < 1.29 is 9.59 Å². The van der Waals surface area contributed by atoms with E-state index in [2.05, 4.69) is 5.32 Å². The van der Waals surface area contributed by atoms with E-state index in [-0.39, 0.29) is 23.9 Å². The first-order valence-corrected chi connectivity index (χ1v) is 7.31. The minimum absolute atomic E-state index is 0.0439. The van der Waals surface area contributed by atoms with Gasteiger partial charge in [0.1, 0.15) is 12.1 Å². The van der Waals surface area contributed by atoms with Gasteiger partial charge in [-0.3, -0.25) is 9.59 Å². The Kier molecular flexibility index (Phi) is 4.25. The molecule has 0 aromatic rings. The summed E-state index contributed by atoms with van der Waals surface area (Å²) in [6.07, 6.45) is 6.89. The molecule has 102 valence electrons. The molecule has 2 unspecified atom stereocenters. The molecule has 2 atom stereocenters. The Bertz CT molecular complexity index is 324. The zero-order valence-corrected chi connectivity index (χ0v) is 11.4. The molecule has 1 heterocycles. The van der Waals surface area contributed by atoms with Crippen molar-refractivity contribution in [2.45, 2.75) is 76.9 Å². The van der Waals surface area contributed by atoms with E-state index in [0.717, 1.165) is 25.7 Å². The number of rotatable bonds is 4. The summed E-state index contributed by atoms with van der Waals surface area (Å²) in [5.41, 5.74) is 0. The molecule has 1 saturated heterocycles. The minimum Gasteiger partial charge on any atom is -0.343 e. The maximum Gasteiger partial charge on any atom is 0.246 e. The molecule has 0 bridgehead atoms. The molecule has 2 fully saturated rings. The molecule has 1 saturated carbocycles. The summed E-state index contributed by atoms with van der Waals surface area (Å²) >= 11 is 0. The van der Waals surface area contributed by atoms with Crippen LogP contribution in [0.15, 0.2) is 0 Å². The Hall–Kier alpha value is -1.06. The molecule has 0 radical (unpaired) electrons. The standard InChI is InChI=1S/C14H24N2O2/c1-3-7-11-14(18)16(10-8-5-6-9-10)12(4-2)13(17)15-11/h10-12H,3-9H2,1-2H3,(H,15,17). The lowest BCUT2D eigenvalue weighted by Crippen LogP contribution is -2.65. The molecule has 1 aliphatic heterocycles. The normalized spacial score (nSPS) is 29.8. The number of amides is 2. The third kappa shape index (κ3) is 2.38. The van der Waals surface area contributed by atoms with Crippen molar-refractivity contribution in [1.29, 1.82) is 0 Å². The topological polar surface area (TPSA) is 49.4 Å². The van der Waals surface area contributed by atoms with Crippen LogP contribution < -0.4 is 5.32 Å². The lowest BCUT2D eigenvalue weighted by Gasteiger charge is -2.42. The lowest BCUT2D eigenvalue weighted by atomic mass is 9.99. The van der Waals surface area contributed by atoms with Crippen molar-refractivity contribution in [1.82, 2.24) is 10.2 Å². The van der Waals surface area contributed by atoms with Crippen molar-refractivity contribution in [2.75, 3.05) is 0 Å². The average Bonchev–Trinajstić information content (AvgIpc) is 2.86. The van der Waals surface area contributed by atoms with Crippen molar-refractivity contribution in [3.63, 3.8) is 0 Å². The molecule has 0 aromatic heterocycles. The average molecular weight is 252 g/mol. The largest absolute Gasteiger partial charge is 0.343 e. The molecule has 0 aromatic carbocycles. The second-order valence-electron chi connectivity index (χ2n) is 5.46. The SMILES string of the molecule is CCCC1NC(=O)C(CC)N(C2CCCC2)C1=O. The highest BCUT2D eigenvalue weighted by molar-refractivity contribution is 5.97. The molecule has 2 rings (SSSR count). The summed E-state index contributed by atoms with van der Waals surface area (Å²) in [5, 5.41) is 2.89. The first-order chi connectivity index (χ1) is 8.69. The Morgan fingerprint density at radius 1 is 1.22 bits per heavy atom. The van der Waals surface area contributed by atoms with E-state index in [9.17, 15) is 9.59 Å². The Morgan fingerprint density at radius 3 is 2.44 bits per heavy atom. The van der Waals surface area contributed by atoms with Gasteiger partial charge in [0.05, 0.1) is 0 Å². The second kappa shape index (κ2) is 5.72. The van der Waals surface area contributed by atoms with Gasteiger partial charge in [-0.15, -0.1) is 0 Å². The number of nitrogens with one attached hydrogen (secondary N) is 1. The first kappa shape index (κ1) is 13.4. The van der Waals surface area contributed by atoms with Gasteiger partial charge in [0.15, 0.2) is 0 Å². The summed E-state index contributed by atoms with van der Waals surface area (Å²) in [7, 11) is 0. The molecule has 0 spiro atoms. The molecule has 2 amide bonds. The van der Waals surface area contributed by atoms with E-state index in [1.807, 2.05) is 18.7 Å². The third-order valence-corrected chi connectivity index (χ3v) is 4.19. The summed E-state index contributed by atoms with van der Waals surface area (Å²) in [6, 6.07) is -0.229. The van der Waals surface area contributed by atoms with Gasteiger partial charge in [-0.1, -0.05) is 33.1 Å². The monoisotopic (exact) mass is 252 g/mol. The fourth-order valence-corrected chi connectivity index (χ4v) is 3.27. The van der Waals surface area contributed by atoms with Crippen LogP contribution in [0.4, 0.5) is 0 Å². The van der Waals surface area contributed by atoms with Crippen molar-refractivity contribution in [3.8, 4) is 0 Å². The summed E-state index contributed by atoms with van der Waals surface area (Å²) < 4.78 is 0. The van der Waals surface area contributed by atoms with E-state index in [1.54, 1.807) is 0 Å². The van der Waals surface area contributed by atoms with Gasteiger partial charge in [-0.2, -0.15) is 0 Å². The van der Waals surface area contributed by atoms with Crippen LogP contribution in [0.3, 0.4) is 0 Å². The van der Waals surface area contributed by atoms with Crippen LogP contribution in [0.5, 0.6) is 0 Å². The van der Waals surface area contributed by atoms with Gasteiger partial charge in [-0.05, 0) is 25.7 Å². The van der Waals surface area contributed by atoms with Gasteiger partial charge in [0.2, 0.25) is 11.8 Å². The van der Waals surface area contributed by atoms with Crippen LogP contribution in [0.1, 0.15) is 58.8 Å². The summed E-state index contributed by atoms with van der Waals surface area (Å²) in [6.45, 7) is 4.03. The third-order valence-electron chi connectivity index (χ3n) is 4.19. The minimum atomic E-state index is -0.286. The Morgan fingerprint density at radius 2 is 1.89 bits per heavy atom. The first-order valence-electron chi connectivity index (χ1n) is 7.31. The van der Waals surface area contributed by atoms with E-state index in [0.29, 0.717) is 12.5 Å². The number of piperazine rings is 1. The van der Waals surface area contributed by atoms with Gasteiger partial charge in [0.25, 0.3) is 0 Å². The van der Waals surface area contributed by atoms with Crippen molar-refractivity contribution >= 4 is 11.8 Å². The zero-order valence-electron chi connectivity index (χ0n) is 11.4. The zero-order chi connectivity index (χ0) is 13.1. The molecule has 1 N–H and O–H groups in total. The summed E-state index contributed by atoms with van der Waals surface area (Å²) in [4.78, 5) is 26.6. The maximum absolute atomic E-state index is 12.5. The fourth-order valence-electron chi connectivity index (χ4n) is 3.27. The van der Waals surface area contributed by atoms with Gasteiger partial charge >= 0.3 is 0 Å². The van der Waals surface area contributed by atoms with Crippen LogP contribution >= 0.6 is 0 Å². The Balaban J connectivity index is 2.18.